The number of benzene rings is 3. The van der Waals surface area contributed by atoms with E-state index in [4.69, 9.17) is 14.6 Å². The topological polar surface area (TPSA) is 83.5 Å². The first kappa shape index (κ1) is 31.2. The number of ether oxygens (including phenoxy) is 2. The van der Waals surface area contributed by atoms with E-state index >= 15 is 0 Å². The Morgan fingerprint density at radius 2 is 1.70 bits per heavy atom. The molecule has 0 aliphatic rings. The van der Waals surface area contributed by atoms with E-state index in [0.29, 0.717) is 34.4 Å². The molecular formula is C37H39N5O3S. The summed E-state index contributed by atoms with van der Waals surface area (Å²) in [6.45, 7) is 9.99. The van der Waals surface area contributed by atoms with Crippen LogP contribution in [0.4, 0.5) is 0 Å². The van der Waals surface area contributed by atoms with Crippen LogP contribution < -0.4 is 19.6 Å². The number of aryl methyl sites for hydroxylation is 1. The van der Waals surface area contributed by atoms with Crippen molar-refractivity contribution < 1.29 is 9.47 Å². The van der Waals surface area contributed by atoms with E-state index in [2.05, 4.69) is 36.9 Å². The van der Waals surface area contributed by atoms with Gasteiger partial charge in [-0.25, -0.2) is 4.68 Å². The number of nitrogens with zero attached hydrogens (tertiary/aromatic N) is 5. The number of thiazole rings is 1. The number of hydrogen-bond acceptors (Lipinski definition) is 7. The zero-order valence-electron chi connectivity index (χ0n) is 26.8. The maximum atomic E-state index is 13.6. The third kappa shape index (κ3) is 7.05. The third-order valence-electron chi connectivity index (χ3n) is 7.76. The summed E-state index contributed by atoms with van der Waals surface area (Å²) in [5.74, 6) is 2.78. The summed E-state index contributed by atoms with van der Waals surface area (Å²) in [7, 11) is 0. The van der Waals surface area contributed by atoms with Crippen molar-refractivity contribution in [2.45, 2.75) is 53.4 Å². The van der Waals surface area contributed by atoms with E-state index in [1.165, 1.54) is 15.9 Å². The number of unbranched alkanes of at least 4 members (excludes halogenated alkanes) is 2. The Bertz CT molecular complexity index is 2030. The third-order valence-corrected chi connectivity index (χ3v) is 8.72. The molecule has 0 fully saturated rings. The number of aromatic nitrogens is 5. The minimum Gasteiger partial charge on any atom is -0.494 e. The molecule has 8 nitrogen and oxygen atoms in total. The molecule has 0 unspecified atom stereocenters. The van der Waals surface area contributed by atoms with Gasteiger partial charge in [0.05, 0.1) is 23.4 Å². The Hall–Kier alpha value is -4.76. The van der Waals surface area contributed by atoms with Gasteiger partial charge in [-0.15, -0.1) is 5.10 Å². The molecule has 0 aliphatic carbocycles. The summed E-state index contributed by atoms with van der Waals surface area (Å²) in [6, 6.07) is 23.8. The van der Waals surface area contributed by atoms with Crippen LogP contribution in [0.15, 0.2) is 83.8 Å². The molecule has 0 N–H and O–H groups in total. The smallest absolute Gasteiger partial charge is 0.291 e. The highest BCUT2D eigenvalue weighted by Gasteiger charge is 2.16. The lowest BCUT2D eigenvalue weighted by molar-refractivity contribution is 0.288. The number of para-hydroxylation sites is 1. The van der Waals surface area contributed by atoms with E-state index < -0.39 is 0 Å². The minimum atomic E-state index is -0.210. The summed E-state index contributed by atoms with van der Waals surface area (Å²) in [4.78, 5) is 18.8. The zero-order chi connectivity index (χ0) is 32.0. The van der Waals surface area contributed by atoms with Crippen molar-refractivity contribution in [3.05, 3.63) is 105 Å². The first-order valence-corrected chi connectivity index (χ1v) is 16.7. The Labute approximate surface area is 273 Å². The monoisotopic (exact) mass is 633 g/mol. The fraction of sp³-hybridized carbons (Fsp3) is 0.297. The second-order valence-electron chi connectivity index (χ2n) is 11.8. The van der Waals surface area contributed by atoms with E-state index in [9.17, 15) is 4.79 Å². The molecule has 0 radical (unpaired) electrons. The molecule has 0 bridgehead atoms. The summed E-state index contributed by atoms with van der Waals surface area (Å²) in [6.07, 6.45) is 8.20. The van der Waals surface area contributed by atoms with E-state index in [-0.39, 0.29) is 5.56 Å². The molecule has 3 aromatic heterocycles. The summed E-state index contributed by atoms with van der Waals surface area (Å²) in [5.41, 5.74) is 5.14. The molecule has 3 heterocycles. The summed E-state index contributed by atoms with van der Waals surface area (Å²) in [5, 5.41) is 9.52. The standard InChI is InChI=1S/C37H39N5O3S/c1-5-6-10-20-44-31-16-13-27(14-17-31)35-38-37-42(40-35)36(43)33(46-37)23-29-24-41(30-11-8-7-9-12-30)39-34(29)28-15-18-32(26(4)22-28)45-21-19-25(2)3/h7-9,11-18,22-25H,5-6,10,19-21H2,1-4H3/b33-23+. The molecular weight excluding hydrogens is 595 g/mol. The molecule has 0 amide bonds. The van der Waals surface area contributed by atoms with E-state index in [1.807, 2.05) is 90.6 Å². The molecule has 236 valence electrons. The van der Waals surface area contributed by atoms with Crippen LogP contribution in [-0.4, -0.2) is 37.6 Å². The predicted octanol–water partition coefficient (Wildman–Crippen LogP) is 7.52. The lowest BCUT2D eigenvalue weighted by atomic mass is 10.0. The van der Waals surface area contributed by atoms with Crippen molar-refractivity contribution in [3.8, 4) is 39.8 Å². The van der Waals surface area contributed by atoms with Crippen LogP contribution in [0, 0.1) is 12.8 Å². The van der Waals surface area contributed by atoms with Gasteiger partial charge in [-0.2, -0.15) is 14.6 Å². The van der Waals surface area contributed by atoms with Crippen molar-refractivity contribution >= 4 is 22.4 Å². The first-order chi connectivity index (χ1) is 22.4. The molecule has 0 saturated heterocycles. The highest BCUT2D eigenvalue weighted by atomic mass is 32.1. The molecule has 6 aromatic rings. The number of hydrogen-bond donors (Lipinski definition) is 0. The minimum absolute atomic E-state index is 0.210. The first-order valence-electron chi connectivity index (χ1n) is 15.9. The van der Waals surface area contributed by atoms with Crippen LogP contribution in [0.3, 0.4) is 0 Å². The highest BCUT2D eigenvalue weighted by molar-refractivity contribution is 7.15. The number of rotatable bonds is 13. The average Bonchev–Trinajstić information content (AvgIpc) is 3.75. The predicted molar refractivity (Wildman–Crippen MR) is 185 cm³/mol. The fourth-order valence-electron chi connectivity index (χ4n) is 5.13. The van der Waals surface area contributed by atoms with Gasteiger partial charge in [-0.05, 0) is 91.9 Å². The van der Waals surface area contributed by atoms with E-state index in [1.54, 1.807) is 0 Å². The molecule has 0 saturated carbocycles. The molecule has 3 aromatic carbocycles. The molecule has 0 atom stereocenters. The number of fused-ring (bicyclic) bond motifs is 1. The molecule has 6 rings (SSSR count). The highest BCUT2D eigenvalue weighted by Crippen LogP contribution is 2.29. The lowest BCUT2D eigenvalue weighted by Gasteiger charge is -2.11. The lowest BCUT2D eigenvalue weighted by Crippen LogP contribution is -2.23. The quantitative estimate of drug-likeness (QED) is 0.122. The van der Waals surface area contributed by atoms with Crippen molar-refractivity contribution in [1.82, 2.24) is 24.4 Å². The Morgan fingerprint density at radius 3 is 2.41 bits per heavy atom. The molecule has 9 heteroatoms. The van der Waals surface area contributed by atoms with Crippen LogP contribution in [0.1, 0.15) is 57.6 Å². The van der Waals surface area contributed by atoms with Crippen molar-refractivity contribution in [2.75, 3.05) is 13.2 Å². The van der Waals surface area contributed by atoms with Crippen molar-refractivity contribution in [2.24, 2.45) is 5.92 Å². The maximum absolute atomic E-state index is 13.6. The van der Waals surface area contributed by atoms with Gasteiger partial charge in [0, 0.05) is 22.9 Å². The van der Waals surface area contributed by atoms with Crippen LogP contribution in [0.2, 0.25) is 0 Å². The molecule has 0 spiro atoms. The Kier molecular flexibility index (Phi) is 9.59. The van der Waals surface area contributed by atoms with Crippen LogP contribution in [0.25, 0.3) is 39.4 Å². The average molecular weight is 634 g/mol. The second-order valence-corrected chi connectivity index (χ2v) is 12.9. The molecule has 0 aliphatic heterocycles. The van der Waals surface area contributed by atoms with Gasteiger partial charge in [0.2, 0.25) is 4.96 Å². The van der Waals surface area contributed by atoms with Crippen LogP contribution in [0.5, 0.6) is 11.5 Å². The van der Waals surface area contributed by atoms with Gasteiger partial charge in [0.25, 0.3) is 5.56 Å². The summed E-state index contributed by atoms with van der Waals surface area (Å²) >= 11 is 1.32. The molecule has 46 heavy (non-hydrogen) atoms. The van der Waals surface area contributed by atoms with E-state index in [0.717, 1.165) is 70.8 Å². The van der Waals surface area contributed by atoms with Gasteiger partial charge in [0.1, 0.15) is 17.2 Å². The SMILES string of the molecule is CCCCCOc1ccc(-c2nc3s/c(=C/c4cn(-c5ccccc5)nc4-c4ccc(OCCC(C)C)c(C)c4)c(=O)n3n2)cc1. The summed E-state index contributed by atoms with van der Waals surface area (Å²) < 4.78 is 15.7. The van der Waals surface area contributed by atoms with Gasteiger partial charge in [-0.1, -0.05) is 63.1 Å². The van der Waals surface area contributed by atoms with Gasteiger partial charge in [-0.3, -0.25) is 4.79 Å². The van der Waals surface area contributed by atoms with Gasteiger partial charge >= 0.3 is 0 Å². The van der Waals surface area contributed by atoms with Crippen molar-refractivity contribution in [1.29, 1.82) is 0 Å². The van der Waals surface area contributed by atoms with Gasteiger partial charge < -0.3 is 9.47 Å². The Morgan fingerprint density at radius 1 is 0.913 bits per heavy atom. The van der Waals surface area contributed by atoms with Crippen LogP contribution >= 0.6 is 11.3 Å². The van der Waals surface area contributed by atoms with Crippen LogP contribution in [-0.2, 0) is 0 Å². The Balaban J connectivity index is 1.31. The fourth-order valence-corrected chi connectivity index (χ4v) is 6.03. The van der Waals surface area contributed by atoms with Gasteiger partial charge in [0.15, 0.2) is 5.82 Å². The largest absolute Gasteiger partial charge is 0.494 e. The van der Waals surface area contributed by atoms with Crippen molar-refractivity contribution in [3.63, 3.8) is 0 Å². The maximum Gasteiger partial charge on any atom is 0.291 e. The zero-order valence-corrected chi connectivity index (χ0v) is 27.6. The second kappa shape index (κ2) is 14.1. The normalized spacial score (nSPS) is 12.0.